The van der Waals surface area contributed by atoms with Crippen molar-refractivity contribution < 1.29 is 18.7 Å². The molecule has 3 N–H and O–H groups in total. The van der Waals surface area contributed by atoms with Crippen LogP contribution in [0.5, 0.6) is 5.75 Å². The number of nitrogens with zero attached hydrogens (tertiary/aromatic N) is 3. The largest absolute Gasteiger partial charge is 0.492 e. The molecular formula is C24H28FN5O3. The van der Waals surface area contributed by atoms with Crippen LogP contribution < -0.4 is 15.8 Å². The first-order chi connectivity index (χ1) is 16.0. The maximum Gasteiger partial charge on any atom is 0.255 e. The van der Waals surface area contributed by atoms with Crippen molar-refractivity contribution in [3.63, 3.8) is 0 Å². The van der Waals surface area contributed by atoms with Gasteiger partial charge in [0.15, 0.2) is 0 Å². The fourth-order valence-electron chi connectivity index (χ4n) is 3.52. The van der Waals surface area contributed by atoms with Gasteiger partial charge in [0, 0.05) is 56.6 Å². The highest BCUT2D eigenvalue weighted by atomic mass is 19.1. The average molecular weight is 454 g/mol. The molecule has 0 saturated carbocycles. The number of halogens is 1. The van der Waals surface area contributed by atoms with Gasteiger partial charge in [0.05, 0.1) is 5.71 Å². The molecule has 2 aromatic rings. The molecule has 0 radical (unpaired) electrons. The molecular weight excluding hydrogens is 425 g/mol. The van der Waals surface area contributed by atoms with E-state index in [9.17, 15) is 14.0 Å². The molecule has 9 heteroatoms. The predicted octanol–water partition coefficient (Wildman–Crippen LogP) is 2.12. The number of benzene rings is 2. The lowest BCUT2D eigenvalue weighted by atomic mass is 10.1. The molecule has 0 aliphatic carbocycles. The molecule has 3 rings (SSSR count). The predicted molar refractivity (Wildman–Crippen MR) is 126 cm³/mol. The summed E-state index contributed by atoms with van der Waals surface area (Å²) in [6, 6.07) is 10.7. The normalized spacial score (nSPS) is 15.0. The van der Waals surface area contributed by atoms with Crippen molar-refractivity contribution >= 4 is 23.7 Å². The van der Waals surface area contributed by atoms with Crippen LogP contribution in [0.3, 0.4) is 0 Å². The summed E-state index contributed by atoms with van der Waals surface area (Å²) in [5.41, 5.74) is 7.58. The summed E-state index contributed by atoms with van der Waals surface area (Å²) >= 11 is 0. The smallest absolute Gasteiger partial charge is 0.255 e. The number of allylic oxidation sites excluding steroid dienone is 1. The van der Waals surface area contributed by atoms with Crippen LogP contribution >= 0.6 is 0 Å². The van der Waals surface area contributed by atoms with E-state index >= 15 is 0 Å². The molecule has 0 unspecified atom stereocenters. The number of rotatable bonds is 9. The van der Waals surface area contributed by atoms with Crippen molar-refractivity contribution in [1.82, 2.24) is 9.80 Å². The van der Waals surface area contributed by atoms with Crippen LogP contribution in [0.15, 0.2) is 59.7 Å². The minimum Gasteiger partial charge on any atom is -0.492 e. The zero-order valence-corrected chi connectivity index (χ0v) is 18.5. The first-order valence-electron chi connectivity index (χ1n) is 10.6. The topological polar surface area (TPSA) is 100 Å². The summed E-state index contributed by atoms with van der Waals surface area (Å²) in [5, 5.41) is 2.78. The highest BCUT2D eigenvalue weighted by molar-refractivity contribution is 6.12. The summed E-state index contributed by atoms with van der Waals surface area (Å²) in [5.74, 6) is -0.301. The number of hydrogen-bond acceptors (Lipinski definition) is 6. The van der Waals surface area contributed by atoms with Gasteiger partial charge in [0.2, 0.25) is 6.41 Å². The third-order valence-corrected chi connectivity index (χ3v) is 5.32. The molecule has 1 heterocycles. The number of ether oxygens (including phenoxy) is 1. The number of piperazine rings is 1. The molecule has 1 fully saturated rings. The Morgan fingerprint density at radius 3 is 2.67 bits per heavy atom. The van der Waals surface area contributed by atoms with Crippen LogP contribution in [0.4, 0.5) is 10.1 Å². The molecule has 0 spiro atoms. The SMILES string of the molecule is CN=C(C=CN)c1cc(NC(=O)c2cccc(F)c2)ccc1OCCN1CCN(C=O)CC1. The second-order valence-electron chi connectivity index (χ2n) is 7.47. The molecule has 0 bridgehead atoms. The fourth-order valence-corrected chi connectivity index (χ4v) is 3.52. The summed E-state index contributed by atoms with van der Waals surface area (Å²) < 4.78 is 19.5. The number of carbonyl (C=O) groups excluding carboxylic acids is 2. The fraction of sp³-hybridized carbons (Fsp3) is 0.292. The summed E-state index contributed by atoms with van der Waals surface area (Å²) in [6.45, 7) is 4.20. The van der Waals surface area contributed by atoms with Gasteiger partial charge in [-0.3, -0.25) is 19.5 Å². The second-order valence-corrected chi connectivity index (χ2v) is 7.47. The highest BCUT2D eigenvalue weighted by Gasteiger charge is 2.16. The van der Waals surface area contributed by atoms with Crippen LogP contribution in [0.1, 0.15) is 15.9 Å². The van der Waals surface area contributed by atoms with Gasteiger partial charge in [0.25, 0.3) is 5.91 Å². The van der Waals surface area contributed by atoms with Crippen molar-refractivity contribution in [2.45, 2.75) is 0 Å². The standard InChI is InChI=1S/C24H28FN5O3/c1-27-22(7-8-26)21-16-20(28-24(32)18-3-2-4-19(25)15-18)5-6-23(21)33-14-13-29-9-11-30(17-31)12-10-29/h2-8,15-17H,9-14,26H2,1H3,(H,28,32). The maximum atomic E-state index is 13.5. The number of amides is 2. The van der Waals surface area contributed by atoms with Crippen molar-refractivity contribution in [3.05, 3.63) is 71.7 Å². The van der Waals surface area contributed by atoms with Gasteiger partial charge >= 0.3 is 0 Å². The van der Waals surface area contributed by atoms with Crippen molar-refractivity contribution in [1.29, 1.82) is 0 Å². The van der Waals surface area contributed by atoms with Gasteiger partial charge in [-0.15, -0.1) is 0 Å². The molecule has 2 aromatic carbocycles. The number of aliphatic imine (C=N–C) groups is 1. The number of nitrogens with one attached hydrogen (secondary N) is 1. The Morgan fingerprint density at radius 2 is 2.00 bits per heavy atom. The maximum absolute atomic E-state index is 13.5. The molecule has 174 valence electrons. The third-order valence-electron chi connectivity index (χ3n) is 5.32. The lowest BCUT2D eigenvalue weighted by Crippen LogP contribution is -2.46. The monoisotopic (exact) mass is 453 g/mol. The van der Waals surface area contributed by atoms with Gasteiger partial charge in [-0.05, 0) is 48.7 Å². The molecule has 0 atom stereocenters. The average Bonchev–Trinajstić information content (AvgIpc) is 2.83. The lowest BCUT2D eigenvalue weighted by molar-refractivity contribution is -0.119. The summed E-state index contributed by atoms with van der Waals surface area (Å²) in [4.78, 5) is 31.6. The highest BCUT2D eigenvalue weighted by Crippen LogP contribution is 2.25. The lowest BCUT2D eigenvalue weighted by Gasteiger charge is -2.32. The van der Waals surface area contributed by atoms with Gasteiger partial charge in [0.1, 0.15) is 18.2 Å². The Morgan fingerprint density at radius 1 is 1.21 bits per heavy atom. The number of anilines is 1. The van der Waals surface area contributed by atoms with Crippen LogP contribution in [-0.2, 0) is 4.79 Å². The molecule has 1 aliphatic rings. The van der Waals surface area contributed by atoms with Crippen LogP contribution in [0, 0.1) is 5.82 Å². The van der Waals surface area contributed by atoms with Gasteiger partial charge in [-0.2, -0.15) is 0 Å². The Balaban J connectivity index is 1.72. The summed E-state index contributed by atoms with van der Waals surface area (Å²) in [7, 11) is 1.64. The van der Waals surface area contributed by atoms with E-state index in [1.807, 2.05) is 0 Å². The zero-order chi connectivity index (χ0) is 23.6. The summed E-state index contributed by atoms with van der Waals surface area (Å²) in [6.07, 6.45) is 3.92. The van der Waals surface area contributed by atoms with E-state index in [0.29, 0.717) is 42.4 Å². The van der Waals surface area contributed by atoms with Crippen LogP contribution in [-0.4, -0.2) is 74.2 Å². The van der Waals surface area contributed by atoms with E-state index in [-0.39, 0.29) is 5.56 Å². The van der Waals surface area contributed by atoms with Crippen molar-refractivity contribution in [2.75, 3.05) is 51.7 Å². The van der Waals surface area contributed by atoms with E-state index in [0.717, 1.165) is 26.0 Å². The third kappa shape index (κ3) is 6.63. The molecule has 8 nitrogen and oxygen atoms in total. The Kier molecular flexibility index (Phi) is 8.54. The number of carbonyl (C=O) groups is 2. The van der Waals surface area contributed by atoms with Gasteiger partial charge in [-0.1, -0.05) is 6.07 Å². The van der Waals surface area contributed by atoms with Crippen LogP contribution in [0.25, 0.3) is 0 Å². The van der Waals surface area contributed by atoms with Crippen molar-refractivity contribution in [3.8, 4) is 5.75 Å². The number of hydrogen-bond donors (Lipinski definition) is 2. The number of nitrogens with two attached hydrogens (primary N) is 1. The van der Waals surface area contributed by atoms with Gasteiger partial charge in [-0.25, -0.2) is 4.39 Å². The molecule has 2 amide bonds. The molecule has 1 aliphatic heterocycles. The molecule has 33 heavy (non-hydrogen) atoms. The van der Waals surface area contributed by atoms with Crippen molar-refractivity contribution in [2.24, 2.45) is 10.7 Å². The van der Waals surface area contributed by atoms with E-state index < -0.39 is 11.7 Å². The zero-order valence-electron chi connectivity index (χ0n) is 18.5. The minimum atomic E-state index is -0.479. The Labute approximate surface area is 192 Å². The van der Waals surface area contributed by atoms with Crippen LogP contribution in [0.2, 0.25) is 0 Å². The second kappa shape index (κ2) is 11.8. The van der Waals surface area contributed by atoms with Gasteiger partial charge < -0.3 is 20.7 Å². The first-order valence-corrected chi connectivity index (χ1v) is 10.6. The van der Waals surface area contributed by atoms with E-state index in [1.165, 1.54) is 24.4 Å². The van der Waals surface area contributed by atoms with E-state index in [1.54, 1.807) is 42.3 Å². The molecule has 1 saturated heterocycles. The first kappa shape index (κ1) is 23.9. The Bertz CT molecular complexity index is 1030. The minimum absolute atomic E-state index is 0.220. The van der Waals surface area contributed by atoms with E-state index in [4.69, 9.17) is 10.5 Å². The Hall–Kier alpha value is -3.72. The van der Waals surface area contributed by atoms with E-state index in [2.05, 4.69) is 15.2 Å². The quantitative estimate of drug-likeness (QED) is 0.448. The molecule has 0 aromatic heterocycles.